The lowest BCUT2D eigenvalue weighted by atomic mass is 9.92. The zero-order chi connectivity index (χ0) is 19.2. The van der Waals surface area contributed by atoms with Gasteiger partial charge in [0, 0.05) is 19.1 Å². The van der Waals surface area contributed by atoms with Gasteiger partial charge in [0.15, 0.2) is 0 Å². The highest BCUT2D eigenvalue weighted by Crippen LogP contribution is 2.25. The van der Waals surface area contributed by atoms with Gasteiger partial charge >= 0.3 is 6.61 Å². The predicted octanol–water partition coefficient (Wildman–Crippen LogP) is 3.59. The van der Waals surface area contributed by atoms with E-state index in [4.69, 9.17) is 0 Å². The van der Waals surface area contributed by atoms with Crippen molar-refractivity contribution >= 4 is 11.8 Å². The van der Waals surface area contributed by atoms with Gasteiger partial charge < -0.3 is 15.0 Å². The average Bonchev–Trinajstić information content (AvgIpc) is 2.68. The van der Waals surface area contributed by atoms with Crippen LogP contribution in [0.25, 0.3) is 0 Å². The van der Waals surface area contributed by atoms with Crippen LogP contribution in [0.3, 0.4) is 0 Å². The molecule has 148 valence electrons. The standard InChI is InChI=1S/C20H26F2N2O3/c21-20(22)27-17-11-5-4-10-16(17)19(26)24-12-6-7-14(13-24)18(25)23-15-8-2-1-3-9-15/h4-5,10-11,14-15,20H,1-3,6-9,12-13H2,(H,23,25). The number of halogens is 2. The second-order valence-electron chi connectivity index (χ2n) is 7.31. The number of carbonyl (C=O) groups excluding carboxylic acids is 2. The number of amides is 2. The lowest BCUT2D eigenvalue weighted by molar-refractivity contribution is -0.127. The Morgan fingerprint density at radius 3 is 2.56 bits per heavy atom. The number of benzene rings is 1. The zero-order valence-corrected chi connectivity index (χ0v) is 15.3. The van der Waals surface area contributed by atoms with Crippen LogP contribution in [0.4, 0.5) is 8.78 Å². The molecule has 5 nitrogen and oxygen atoms in total. The molecule has 0 aromatic heterocycles. The number of carbonyl (C=O) groups is 2. The summed E-state index contributed by atoms with van der Waals surface area (Å²) in [5.41, 5.74) is 0.103. The number of likely N-dealkylation sites (tertiary alicyclic amines) is 1. The molecule has 2 aliphatic rings. The smallest absolute Gasteiger partial charge is 0.387 e. The molecule has 1 saturated carbocycles. The molecule has 1 aromatic carbocycles. The number of piperidine rings is 1. The van der Waals surface area contributed by atoms with Crippen molar-refractivity contribution in [1.82, 2.24) is 10.2 Å². The summed E-state index contributed by atoms with van der Waals surface area (Å²) in [6, 6.07) is 6.23. The minimum Gasteiger partial charge on any atom is -0.434 e. The van der Waals surface area contributed by atoms with Crippen molar-refractivity contribution < 1.29 is 23.1 Å². The summed E-state index contributed by atoms with van der Waals surface area (Å²) < 4.78 is 29.7. The second kappa shape index (κ2) is 9.15. The van der Waals surface area contributed by atoms with Crippen molar-refractivity contribution in [3.8, 4) is 5.75 Å². The van der Waals surface area contributed by atoms with Gasteiger partial charge in [0.25, 0.3) is 5.91 Å². The van der Waals surface area contributed by atoms with E-state index in [9.17, 15) is 18.4 Å². The summed E-state index contributed by atoms with van der Waals surface area (Å²) in [6.07, 6.45) is 6.98. The first-order valence-corrected chi connectivity index (χ1v) is 9.68. The molecule has 1 aromatic rings. The van der Waals surface area contributed by atoms with Gasteiger partial charge in [0.05, 0.1) is 11.5 Å². The van der Waals surface area contributed by atoms with Gasteiger partial charge in [0.2, 0.25) is 5.91 Å². The molecule has 1 aliphatic heterocycles. The maximum Gasteiger partial charge on any atom is 0.387 e. The highest BCUT2D eigenvalue weighted by Gasteiger charge is 2.31. The van der Waals surface area contributed by atoms with Crippen molar-refractivity contribution in [3.05, 3.63) is 29.8 Å². The van der Waals surface area contributed by atoms with E-state index < -0.39 is 6.61 Å². The summed E-state index contributed by atoms with van der Waals surface area (Å²) in [4.78, 5) is 27.0. The Morgan fingerprint density at radius 1 is 1.07 bits per heavy atom. The molecule has 2 fully saturated rings. The van der Waals surface area contributed by atoms with E-state index in [0.717, 1.165) is 32.1 Å². The molecule has 1 N–H and O–H groups in total. The Hall–Kier alpha value is -2.18. The Morgan fingerprint density at radius 2 is 1.81 bits per heavy atom. The summed E-state index contributed by atoms with van der Waals surface area (Å²) >= 11 is 0. The molecule has 1 saturated heterocycles. The molecule has 1 atom stereocenters. The molecule has 1 aliphatic carbocycles. The first kappa shape index (κ1) is 19.6. The highest BCUT2D eigenvalue weighted by molar-refractivity contribution is 5.97. The number of hydrogen-bond acceptors (Lipinski definition) is 3. The average molecular weight is 380 g/mol. The first-order valence-electron chi connectivity index (χ1n) is 9.68. The van der Waals surface area contributed by atoms with Gasteiger partial charge in [-0.15, -0.1) is 0 Å². The molecule has 1 unspecified atom stereocenters. The SMILES string of the molecule is O=C(NC1CCCCC1)C1CCCN(C(=O)c2ccccc2OC(F)F)C1. The van der Waals surface area contributed by atoms with Crippen LogP contribution in [0, 0.1) is 5.92 Å². The van der Waals surface area contributed by atoms with E-state index in [2.05, 4.69) is 10.1 Å². The van der Waals surface area contributed by atoms with Crippen molar-refractivity contribution in [1.29, 1.82) is 0 Å². The fourth-order valence-corrected chi connectivity index (χ4v) is 3.95. The highest BCUT2D eigenvalue weighted by atomic mass is 19.3. The van der Waals surface area contributed by atoms with Gasteiger partial charge in [-0.3, -0.25) is 9.59 Å². The number of nitrogens with zero attached hydrogens (tertiary/aromatic N) is 1. The maximum atomic E-state index is 12.8. The maximum absolute atomic E-state index is 12.8. The third kappa shape index (κ3) is 5.17. The van der Waals surface area contributed by atoms with Crippen molar-refractivity contribution in [2.45, 2.75) is 57.6 Å². The lowest BCUT2D eigenvalue weighted by Crippen LogP contribution is -2.48. The molecule has 0 spiro atoms. The minimum atomic E-state index is -2.99. The lowest BCUT2D eigenvalue weighted by Gasteiger charge is -2.33. The van der Waals surface area contributed by atoms with Gasteiger partial charge in [-0.1, -0.05) is 31.4 Å². The van der Waals surface area contributed by atoms with Crippen LogP contribution in [0.1, 0.15) is 55.3 Å². The fourth-order valence-electron chi connectivity index (χ4n) is 3.95. The van der Waals surface area contributed by atoms with E-state index in [0.29, 0.717) is 19.5 Å². The third-order valence-electron chi connectivity index (χ3n) is 5.36. The van der Waals surface area contributed by atoms with Crippen LogP contribution in [0.5, 0.6) is 5.75 Å². The molecule has 0 radical (unpaired) electrons. The number of para-hydroxylation sites is 1. The Bertz CT molecular complexity index is 662. The largest absolute Gasteiger partial charge is 0.434 e. The first-order chi connectivity index (χ1) is 13.0. The number of hydrogen-bond donors (Lipinski definition) is 1. The van der Waals surface area contributed by atoms with E-state index in [1.165, 1.54) is 18.6 Å². The quantitative estimate of drug-likeness (QED) is 0.849. The summed E-state index contributed by atoms with van der Waals surface area (Å²) in [5, 5.41) is 3.12. The monoisotopic (exact) mass is 380 g/mol. The molecule has 27 heavy (non-hydrogen) atoms. The fraction of sp³-hybridized carbons (Fsp3) is 0.600. The third-order valence-corrected chi connectivity index (χ3v) is 5.36. The minimum absolute atomic E-state index is 0.00323. The predicted molar refractivity (Wildman–Crippen MR) is 96.7 cm³/mol. The van der Waals surface area contributed by atoms with Crippen molar-refractivity contribution in [2.24, 2.45) is 5.92 Å². The molecular formula is C20H26F2N2O3. The van der Waals surface area contributed by atoms with E-state index in [1.54, 1.807) is 17.0 Å². The molecule has 0 bridgehead atoms. The van der Waals surface area contributed by atoms with Crippen LogP contribution in [-0.4, -0.2) is 42.5 Å². The van der Waals surface area contributed by atoms with Gasteiger partial charge in [0.1, 0.15) is 5.75 Å². The zero-order valence-electron chi connectivity index (χ0n) is 15.3. The van der Waals surface area contributed by atoms with Crippen LogP contribution < -0.4 is 10.1 Å². The molecule has 2 amide bonds. The molecular weight excluding hydrogens is 354 g/mol. The summed E-state index contributed by atoms with van der Waals surface area (Å²) in [7, 11) is 0. The van der Waals surface area contributed by atoms with Crippen LogP contribution >= 0.6 is 0 Å². The van der Waals surface area contributed by atoms with E-state index >= 15 is 0 Å². The number of alkyl halides is 2. The van der Waals surface area contributed by atoms with Crippen molar-refractivity contribution in [2.75, 3.05) is 13.1 Å². The Labute approximate surface area is 158 Å². The van der Waals surface area contributed by atoms with Gasteiger partial charge in [-0.25, -0.2) is 0 Å². The van der Waals surface area contributed by atoms with Crippen LogP contribution in [-0.2, 0) is 4.79 Å². The summed E-state index contributed by atoms with van der Waals surface area (Å²) in [5.74, 6) is -0.767. The molecule has 7 heteroatoms. The van der Waals surface area contributed by atoms with Crippen molar-refractivity contribution in [3.63, 3.8) is 0 Å². The second-order valence-corrected chi connectivity index (χ2v) is 7.31. The number of ether oxygens (including phenoxy) is 1. The van der Waals surface area contributed by atoms with Gasteiger partial charge in [-0.05, 0) is 37.8 Å². The van der Waals surface area contributed by atoms with E-state index in [1.807, 2.05) is 0 Å². The number of nitrogens with one attached hydrogen (secondary N) is 1. The van der Waals surface area contributed by atoms with Crippen LogP contribution in [0.2, 0.25) is 0 Å². The summed E-state index contributed by atoms with van der Waals surface area (Å²) in [6.45, 7) is -2.18. The Balaban J connectivity index is 1.63. The molecule has 3 rings (SSSR count). The molecule has 1 heterocycles. The van der Waals surface area contributed by atoms with Gasteiger partial charge in [-0.2, -0.15) is 8.78 Å². The number of rotatable bonds is 5. The van der Waals surface area contributed by atoms with E-state index in [-0.39, 0.29) is 35.1 Å². The van der Waals surface area contributed by atoms with Crippen LogP contribution in [0.15, 0.2) is 24.3 Å². The Kier molecular flexibility index (Phi) is 6.63. The normalized spacial score (nSPS) is 21.1. The topological polar surface area (TPSA) is 58.6 Å².